The summed E-state index contributed by atoms with van der Waals surface area (Å²) in [5, 5.41) is 8.51. The first-order valence-electron chi connectivity index (χ1n) is 3.24. The summed E-state index contributed by atoms with van der Waals surface area (Å²) in [5.74, 6) is 0.703. The van der Waals surface area contributed by atoms with Gasteiger partial charge in [0.1, 0.15) is 17.6 Å². The van der Waals surface area contributed by atoms with Gasteiger partial charge in [-0.15, -0.1) is 11.3 Å². The molecule has 0 aliphatic heterocycles. The highest BCUT2D eigenvalue weighted by Gasteiger charge is 2.03. The quantitative estimate of drug-likeness (QED) is 0.714. The Labute approximate surface area is 72.5 Å². The molecule has 2 rings (SSSR count). The maximum absolute atomic E-state index is 8.51. The Morgan fingerprint density at radius 1 is 1.50 bits per heavy atom. The van der Waals surface area contributed by atoms with Crippen molar-refractivity contribution < 1.29 is 0 Å². The minimum absolute atomic E-state index is 0.471. The van der Waals surface area contributed by atoms with E-state index in [9.17, 15) is 0 Å². The summed E-state index contributed by atoms with van der Waals surface area (Å²) in [6.07, 6.45) is 3.22. The summed E-state index contributed by atoms with van der Waals surface area (Å²) in [6.45, 7) is 0. The zero-order valence-electron chi connectivity index (χ0n) is 5.98. The molecule has 2 heterocycles. The van der Waals surface area contributed by atoms with E-state index in [1.54, 1.807) is 11.7 Å². The van der Waals surface area contributed by atoms with Crippen molar-refractivity contribution in [1.29, 1.82) is 5.26 Å². The van der Waals surface area contributed by atoms with Crippen molar-refractivity contribution in [3.8, 4) is 16.8 Å². The average Bonchev–Trinajstić information content (AvgIpc) is 2.75. The summed E-state index contributed by atoms with van der Waals surface area (Å²) < 4.78 is 0. The van der Waals surface area contributed by atoms with E-state index in [1.165, 1.54) is 17.5 Å². The molecule has 0 aromatic carbocycles. The van der Waals surface area contributed by atoms with Crippen molar-refractivity contribution in [2.45, 2.75) is 0 Å². The Morgan fingerprint density at radius 3 is 3.00 bits per heavy atom. The molecule has 0 radical (unpaired) electrons. The van der Waals surface area contributed by atoms with Crippen molar-refractivity contribution in [3.05, 3.63) is 23.6 Å². The van der Waals surface area contributed by atoms with Gasteiger partial charge >= 0.3 is 0 Å². The van der Waals surface area contributed by atoms with Crippen LogP contribution >= 0.6 is 11.3 Å². The monoisotopic (exact) mass is 176 g/mol. The molecule has 1 N–H and O–H groups in total. The van der Waals surface area contributed by atoms with E-state index < -0.39 is 0 Å². The summed E-state index contributed by atoms with van der Waals surface area (Å²) in [7, 11) is 0. The lowest BCUT2D eigenvalue weighted by molar-refractivity contribution is 1.30. The van der Waals surface area contributed by atoms with Gasteiger partial charge in [0.15, 0.2) is 0 Å². The van der Waals surface area contributed by atoms with Crippen LogP contribution in [0.5, 0.6) is 0 Å². The number of H-pyrrole nitrogens is 1. The van der Waals surface area contributed by atoms with Crippen LogP contribution in [0.3, 0.4) is 0 Å². The Bertz CT molecular complexity index is 409. The summed E-state index contributed by atoms with van der Waals surface area (Å²) in [4.78, 5) is 11.7. The van der Waals surface area contributed by atoms with Gasteiger partial charge in [0.05, 0.1) is 16.6 Å². The molecule has 2 aromatic rings. The molecule has 4 nitrogen and oxygen atoms in total. The summed E-state index contributed by atoms with van der Waals surface area (Å²) in [5.41, 5.74) is 2.20. The smallest absolute Gasteiger partial charge is 0.150 e. The molecule has 0 unspecified atom stereocenters. The normalized spacial score (nSPS) is 9.58. The zero-order valence-corrected chi connectivity index (χ0v) is 6.80. The molecule has 0 saturated carbocycles. The molecule has 0 atom stereocenters. The summed E-state index contributed by atoms with van der Waals surface area (Å²) >= 11 is 1.49. The van der Waals surface area contributed by atoms with Crippen LogP contribution in [0.1, 0.15) is 5.69 Å². The van der Waals surface area contributed by atoms with Gasteiger partial charge in [0.2, 0.25) is 0 Å². The van der Waals surface area contributed by atoms with Gasteiger partial charge in [0.25, 0.3) is 0 Å². The second kappa shape index (κ2) is 2.75. The van der Waals surface area contributed by atoms with Crippen LogP contribution in [-0.4, -0.2) is 15.0 Å². The minimum Gasteiger partial charge on any atom is -0.329 e. The Hall–Kier alpha value is -1.67. The van der Waals surface area contributed by atoms with Crippen LogP contribution in [0.4, 0.5) is 0 Å². The van der Waals surface area contributed by atoms with E-state index in [1.807, 2.05) is 6.07 Å². The molecule has 12 heavy (non-hydrogen) atoms. The molecule has 58 valence electrons. The number of nitrogens with zero attached hydrogens (tertiary/aromatic N) is 3. The van der Waals surface area contributed by atoms with Gasteiger partial charge in [-0.25, -0.2) is 4.98 Å². The number of hydrogen-bond donors (Lipinski definition) is 1. The zero-order chi connectivity index (χ0) is 8.39. The van der Waals surface area contributed by atoms with Crippen LogP contribution in [0, 0.1) is 11.3 Å². The second-order valence-electron chi connectivity index (χ2n) is 2.12. The largest absolute Gasteiger partial charge is 0.329 e. The third-order valence-electron chi connectivity index (χ3n) is 1.36. The van der Waals surface area contributed by atoms with Crippen LogP contribution in [0.15, 0.2) is 17.9 Å². The van der Waals surface area contributed by atoms with E-state index in [-0.39, 0.29) is 0 Å². The Morgan fingerprint density at radius 2 is 2.42 bits per heavy atom. The Balaban J connectivity index is 2.44. The number of nitriles is 1. The number of imidazole rings is 1. The van der Waals surface area contributed by atoms with Crippen molar-refractivity contribution in [3.63, 3.8) is 0 Å². The topological polar surface area (TPSA) is 65.4 Å². The molecule has 0 spiro atoms. The lowest BCUT2D eigenvalue weighted by Crippen LogP contribution is -1.74. The molecule has 0 bridgehead atoms. The fraction of sp³-hybridized carbons (Fsp3) is 0. The first-order chi connectivity index (χ1) is 5.90. The van der Waals surface area contributed by atoms with Crippen molar-refractivity contribution >= 4 is 11.3 Å². The predicted molar refractivity (Wildman–Crippen MR) is 44.4 cm³/mol. The molecule has 0 fully saturated rings. The van der Waals surface area contributed by atoms with E-state index in [0.29, 0.717) is 11.5 Å². The van der Waals surface area contributed by atoms with Crippen molar-refractivity contribution in [2.75, 3.05) is 0 Å². The van der Waals surface area contributed by atoms with Crippen molar-refractivity contribution in [1.82, 2.24) is 15.0 Å². The maximum atomic E-state index is 8.51. The standard InChI is InChI=1S/C7H4N4S/c8-1-5-2-10-7(11-5)6-3-9-4-12-6/h2-4H,(H,10,11). The minimum atomic E-state index is 0.471. The number of thiazole rings is 1. The molecular formula is C7H4N4S. The number of rotatable bonds is 1. The fourth-order valence-electron chi connectivity index (χ4n) is 0.836. The summed E-state index contributed by atoms with van der Waals surface area (Å²) in [6, 6.07) is 1.98. The van der Waals surface area contributed by atoms with Crippen LogP contribution in [0.25, 0.3) is 10.7 Å². The van der Waals surface area contributed by atoms with Crippen LogP contribution in [-0.2, 0) is 0 Å². The maximum Gasteiger partial charge on any atom is 0.150 e. The number of aromatic amines is 1. The number of hydrogen-bond acceptors (Lipinski definition) is 4. The van der Waals surface area contributed by atoms with Gasteiger partial charge < -0.3 is 4.98 Å². The first kappa shape index (κ1) is 7.00. The van der Waals surface area contributed by atoms with Gasteiger partial charge in [-0.05, 0) is 0 Å². The second-order valence-corrected chi connectivity index (χ2v) is 3.01. The van der Waals surface area contributed by atoms with Crippen LogP contribution < -0.4 is 0 Å². The number of aromatic nitrogens is 3. The van der Waals surface area contributed by atoms with E-state index in [4.69, 9.17) is 5.26 Å². The van der Waals surface area contributed by atoms with Gasteiger partial charge in [-0.3, -0.25) is 4.98 Å². The molecule has 0 aliphatic carbocycles. The molecule has 5 heteroatoms. The SMILES string of the molecule is N#Cc1cnc(-c2cncs2)[nH]1. The lowest BCUT2D eigenvalue weighted by Gasteiger charge is -1.84. The highest BCUT2D eigenvalue weighted by molar-refractivity contribution is 7.13. The van der Waals surface area contributed by atoms with Gasteiger partial charge in [-0.1, -0.05) is 0 Å². The fourth-order valence-corrected chi connectivity index (χ4v) is 1.41. The molecule has 0 aliphatic rings. The van der Waals surface area contributed by atoms with Gasteiger partial charge in [-0.2, -0.15) is 5.26 Å². The first-order valence-corrected chi connectivity index (χ1v) is 4.12. The molecular weight excluding hydrogens is 172 g/mol. The van der Waals surface area contributed by atoms with Crippen LogP contribution in [0.2, 0.25) is 0 Å². The molecule has 0 saturated heterocycles. The third-order valence-corrected chi connectivity index (χ3v) is 2.14. The van der Waals surface area contributed by atoms with E-state index in [2.05, 4.69) is 15.0 Å². The molecule has 0 amide bonds. The highest BCUT2D eigenvalue weighted by Crippen LogP contribution is 2.18. The molecule has 2 aromatic heterocycles. The van der Waals surface area contributed by atoms with Crippen molar-refractivity contribution in [2.24, 2.45) is 0 Å². The average molecular weight is 176 g/mol. The van der Waals surface area contributed by atoms with E-state index >= 15 is 0 Å². The van der Waals surface area contributed by atoms with E-state index in [0.717, 1.165) is 4.88 Å². The lowest BCUT2D eigenvalue weighted by atomic mass is 10.5. The Kier molecular flexibility index (Phi) is 1.61. The van der Waals surface area contributed by atoms with Gasteiger partial charge in [0, 0.05) is 6.20 Å². The predicted octanol–water partition coefficient (Wildman–Crippen LogP) is 1.40. The third kappa shape index (κ3) is 1.08. The number of nitrogens with one attached hydrogen (secondary N) is 1. The highest BCUT2D eigenvalue weighted by atomic mass is 32.1.